The summed E-state index contributed by atoms with van der Waals surface area (Å²) in [5.74, 6) is 0.170. The van der Waals surface area contributed by atoms with Gasteiger partial charge in [-0.2, -0.15) is 0 Å². The van der Waals surface area contributed by atoms with Gasteiger partial charge in [0.15, 0.2) is 6.61 Å². The number of nitrogens with zero attached hydrogens (tertiary/aromatic N) is 1. The number of nitrogens with one attached hydrogen (secondary N) is 1. The average molecular weight is 413 g/mol. The third kappa shape index (κ3) is 4.79. The zero-order chi connectivity index (χ0) is 20.1. The number of carbonyl (C=O) groups is 2. The van der Waals surface area contributed by atoms with Crippen molar-refractivity contribution in [2.75, 3.05) is 18.5 Å². The van der Waals surface area contributed by atoms with Gasteiger partial charge in [0.25, 0.3) is 11.8 Å². The summed E-state index contributed by atoms with van der Waals surface area (Å²) >= 11 is 6.51. The van der Waals surface area contributed by atoms with Crippen LogP contribution in [0.5, 0.6) is 5.75 Å². The van der Waals surface area contributed by atoms with E-state index < -0.39 is 0 Å². The Balaban J connectivity index is 1.68. The number of hydrogen-bond acceptors (Lipinski definition) is 5. The SMILES string of the molecule is CCN1C(=O)/C(=C/c2ccccc2OCC(=O)Nc2ccc(C)cc2)SC1=S. The number of likely N-dealkylation sites (N-methyl/N-ethyl adjacent to an activating group) is 1. The van der Waals surface area contributed by atoms with Crippen LogP contribution in [0.3, 0.4) is 0 Å². The molecule has 1 N–H and O–H groups in total. The Morgan fingerprint density at radius 1 is 1.21 bits per heavy atom. The number of para-hydroxylation sites is 1. The molecule has 0 radical (unpaired) electrons. The second-order valence-electron chi connectivity index (χ2n) is 6.17. The largest absolute Gasteiger partial charge is 0.483 e. The Labute approximate surface area is 173 Å². The van der Waals surface area contributed by atoms with Crippen LogP contribution in [-0.2, 0) is 9.59 Å². The monoisotopic (exact) mass is 412 g/mol. The van der Waals surface area contributed by atoms with E-state index in [0.29, 0.717) is 21.5 Å². The van der Waals surface area contributed by atoms with Crippen molar-refractivity contribution in [1.82, 2.24) is 4.90 Å². The Hall–Kier alpha value is -2.64. The molecule has 1 saturated heterocycles. The van der Waals surface area contributed by atoms with Crippen molar-refractivity contribution in [3.8, 4) is 5.75 Å². The molecule has 28 heavy (non-hydrogen) atoms. The molecule has 7 heteroatoms. The smallest absolute Gasteiger partial charge is 0.266 e. The van der Waals surface area contributed by atoms with E-state index in [0.717, 1.165) is 16.8 Å². The number of carbonyl (C=O) groups excluding carboxylic acids is 2. The summed E-state index contributed by atoms with van der Waals surface area (Å²) in [6.07, 6.45) is 1.75. The van der Waals surface area contributed by atoms with E-state index in [4.69, 9.17) is 17.0 Å². The van der Waals surface area contributed by atoms with Crippen molar-refractivity contribution in [3.05, 3.63) is 64.6 Å². The minimum Gasteiger partial charge on any atom is -0.483 e. The molecule has 2 amide bonds. The van der Waals surface area contributed by atoms with E-state index in [2.05, 4.69) is 5.32 Å². The first-order valence-corrected chi connectivity index (χ1v) is 10.0. The number of thioether (sulfide) groups is 1. The molecule has 1 heterocycles. The number of rotatable bonds is 6. The molecule has 0 aliphatic carbocycles. The van der Waals surface area contributed by atoms with Crippen LogP contribution in [-0.4, -0.2) is 34.2 Å². The molecule has 0 saturated carbocycles. The average Bonchev–Trinajstić information content (AvgIpc) is 2.95. The fourth-order valence-corrected chi connectivity index (χ4v) is 4.00. The van der Waals surface area contributed by atoms with Crippen molar-refractivity contribution < 1.29 is 14.3 Å². The van der Waals surface area contributed by atoms with E-state index in [1.807, 2.05) is 56.3 Å². The fourth-order valence-electron chi connectivity index (χ4n) is 2.62. The van der Waals surface area contributed by atoms with Crippen LogP contribution < -0.4 is 10.1 Å². The normalized spacial score (nSPS) is 15.2. The predicted octanol–water partition coefficient (Wildman–Crippen LogP) is 4.23. The van der Waals surface area contributed by atoms with Crippen molar-refractivity contribution in [1.29, 1.82) is 0 Å². The summed E-state index contributed by atoms with van der Waals surface area (Å²) in [7, 11) is 0. The number of aryl methyl sites for hydroxylation is 1. The second-order valence-corrected chi connectivity index (χ2v) is 7.84. The van der Waals surface area contributed by atoms with E-state index in [1.54, 1.807) is 17.0 Å². The molecule has 144 valence electrons. The summed E-state index contributed by atoms with van der Waals surface area (Å²) in [5.41, 5.74) is 2.56. The van der Waals surface area contributed by atoms with Gasteiger partial charge in [-0.05, 0) is 38.1 Å². The van der Waals surface area contributed by atoms with Gasteiger partial charge in [0.1, 0.15) is 10.1 Å². The third-order valence-electron chi connectivity index (χ3n) is 4.09. The molecule has 0 bridgehead atoms. The summed E-state index contributed by atoms with van der Waals surface area (Å²) in [5, 5.41) is 2.80. The summed E-state index contributed by atoms with van der Waals surface area (Å²) in [6.45, 7) is 4.28. The van der Waals surface area contributed by atoms with E-state index in [-0.39, 0.29) is 18.4 Å². The molecule has 2 aromatic carbocycles. The molecular formula is C21H20N2O3S2. The van der Waals surface area contributed by atoms with E-state index in [1.165, 1.54) is 11.8 Å². The first kappa shape index (κ1) is 20.1. The van der Waals surface area contributed by atoms with E-state index >= 15 is 0 Å². The highest BCUT2D eigenvalue weighted by atomic mass is 32.2. The lowest BCUT2D eigenvalue weighted by atomic mass is 10.2. The summed E-state index contributed by atoms with van der Waals surface area (Å²) in [4.78, 5) is 26.7. The van der Waals surface area contributed by atoms with Crippen molar-refractivity contribution in [2.45, 2.75) is 13.8 Å². The maximum Gasteiger partial charge on any atom is 0.266 e. The number of thiocarbonyl (C=S) groups is 1. The maximum absolute atomic E-state index is 12.4. The lowest BCUT2D eigenvalue weighted by molar-refractivity contribution is -0.122. The number of amides is 2. The molecule has 1 aliphatic heterocycles. The van der Waals surface area contributed by atoms with Gasteiger partial charge in [-0.15, -0.1) is 0 Å². The minimum absolute atomic E-state index is 0.107. The predicted molar refractivity (Wildman–Crippen MR) is 117 cm³/mol. The van der Waals surface area contributed by atoms with Crippen LogP contribution in [0.25, 0.3) is 6.08 Å². The zero-order valence-corrected chi connectivity index (χ0v) is 17.2. The molecule has 5 nitrogen and oxygen atoms in total. The van der Waals surface area contributed by atoms with Crippen LogP contribution in [0, 0.1) is 6.92 Å². The Morgan fingerprint density at radius 3 is 2.61 bits per heavy atom. The number of anilines is 1. The van der Waals surface area contributed by atoms with Gasteiger partial charge >= 0.3 is 0 Å². The van der Waals surface area contributed by atoms with Crippen LogP contribution in [0.4, 0.5) is 5.69 Å². The van der Waals surface area contributed by atoms with Crippen molar-refractivity contribution in [2.24, 2.45) is 0 Å². The van der Waals surface area contributed by atoms with Crippen molar-refractivity contribution in [3.63, 3.8) is 0 Å². The lowest BCUT2D eigenvalue weighted by Gasteiger charge is -2.11. The Morgan fingerprint density at radius 2 is 1.93 bits per heavy atom. The molecule has 0 atom stereocenters. The van der Waals surface area contributed by atoms with Gasteiger partial charge in [-0.1, -0.05) is 59.9 Å². The second kappa shape index (κ2) is 9.03. The highest BCUT2D eigenvalue weighted by molar-refractivity contribution is 8.26. The first-order chi connectivity index (χ1) is 13.5. The molecular weight excluding hydrogens is 392 g/mol. The standard InChI is InChI=1S/C21H20N2O3S2/c1-3-23-20(25)18(28-21(23)27)12-15-6-4-5-7-17(15)26-13-19(24)22-16-10-8-14(2)9-11-16/h4-12H,3,13H2,1-2H3,(H,22,24)/b18-12-. The van der Waals surface area contributed by atoms with Gasteiger partial charge < -0.3 is 10.1 Å². The molecule has 0 unspecified atom stereocenters. The highest BCUT2D eigenvalue weighted by Crippen LogP contribution is 2.34. The molecule has 1 fully saturated rings. The molecule has 1 aliphatic rings. The quantitative estimate of drug-likeness (QED) is 0.568. The van der Waals surface area contributed by atoms with E-state index in [9.17, 15) is 9.59 Å². The molecule has 2 aromatic rings. The number of benzene rings is 2. The summed E-state index contributed by atoms with van der Waals surface area (Å²) < 4.78 is 6.25. The van der Waals surface area contributed by atoms with Crippen molar-refractivity contribution >= 4 is 51.9 Å². The topological polar surface area (TPSA) is 58.6 Å². The van der Waals surface area contributed by atoms with Crippen LogP contribution in [0.15, 0.2) is 53.4 Å². The van der Waals surface area contributed by atoms with Gasteiger partial charge in [0, 0.05) is 17.8 Å². The zero-order valence-electron chi connectivity index (χ0n) is 15.6. The molecule has 0 aromatic heterocycles. The van der Waals surface area contributed by atoms with Crippen LogP contribution >= 0.6 is 24.0 Å². The number of ether oxygens (including phenoxy) is 1. The fraction of sp³-hybridized carbons (Fsp3) is 0.190. The summed E-state index contributed by atoms with van der Waals surface area (Å²) in [6, 6.07) is 14.8. The third-order valence-corrected chi connectivity index (χ3v) is 5.47. The highest BCUT2D eigenvalue weighted by Gasteiger charge is 2.30. The van der Waals surface area contributed by atoms with Gasteiger partial charge in [-0.25, -0.2) is 0 Å². The Kier molecular flexibility index (Phi) is 6.49. The number of hydrogen-bond donors (Lipinski definition) is 1. The lowest BCUT2D eigenvalue weighted by Crippen LogP contribution is -2.27. The van der Waals surface area contributed by atoms with Crippen LogP contribution in [0.1, 0.15) is 18.1 Å². The first-order valence-electron chi connectivity index (χ1n) is 8.81. The molecule has 0 spiro atoms. The van der Waals surface area contributed by atoms with Crippen LogP contribution in [0.2, 0.25) is 0 Å². The molecule has 3 rings (SSSR count). The van der Waals surface area contributed by atoms with Gasteiger partial charge in [0.2, 0.25) is 0 Å². The van der Waals surface area contributed by atoms with Gasteiger partial charge in [-0.3, -0.25) is 14.5 Å². The Bertz CT molecular complexity index is 939. The maximum atomic E-state index is 12.4. The minimum atomic E-state index is -0.254. The van der Waals surface area contributed by atoms with Gasteiger partial charge in [0.05, 0.1) is 4.91 Å².